The van der Waals surface area contributed by atoms with Crippen molar-refractivity contribution < 1.29 is 14.7 Å². The summed E-state index contributed by atoms with van der Waals surface area (Å²) >= 11 is 3.26. The van der Waals surface area contributed by atoms with Gasteiger partial charge < -0.3 is 10.4 Å². The lowest BCUT2D eigenvalue weighted by Crippen LogP contribution is -2.52. The Kier molecular flexibility index (Phi) is 4.42. The third kappa shape index (κ3) is 3.00. The Bertz CT molecular complexity index is 518. The molecule has 108 valence electrons. The first kappa shape index (κ1) is 15.0. The number of carboxylic acid groups (broad SMARTS) is 1. The molecule has 6 heteroatoms. The van der Waals surface area contributed by atoms with Crippen molar-refractivity contribution in [2.75, 3.05) is 0 Å². The van der Waals surface area contributed by atoms with E-state index in [0.717, 1.165) is 17.3 Å². The van der Waals surface area contributed by atoms with E-state index >= 15 is 0 Å². The van der Waals surface area contributed by atoms with Crippen molar-refractivity contribution in [3.63, 3.8) is 0 Å². The topological polar surface area (TPSA) is 79.3 Å². The molecule has 1 aliphatic rings. The van der Waals surface area contributed by atoms with Gasteiger partial charge in [-0.1, -0.05) is 12.8 Å². The van der Waals surface area contributed by atoms with Gasteiger partial charge in [0, 0.05) is 16.7 Å². The lowest BCUT2D eigenvalue weighted by molar-refractivity contribution is -0.151. The van der Waals surface area contributed by atoms with Gasteiger partial charge >= 0.3 is 5.97 Å². The van der Waals surface area contributed by atoms with Crippen LogP contribution in [0.15, 0.2) is 22.8 Å². The van der Waals surface area contributed by atoms with Crippen LogP contribution in [-0.4, -0.2) is 28.0 Å². The fourth-order valence-electron chi connectivity index (χ4n) is 2.56. The number of pyridine rings is 1. The molecule has 1 aromatic heterocycles. The number of nitrogens with one attached hydrogen (secondary N) is 1. The van der Waals surface area contributed by atoms with E-state index in [1.165, 1.54) is 0 Å². The van der Waals surface area contributed by atoms with Gasteiger partial charge in [0.15, 0.2) is 0 Å². The summed E-state index contributed by atoms with van der Waals surface area (Å²) in [5, 5.41) is 12.2. The fraction of sp³-hybridized carbons (Fsp3) is 0.500. The van der Waals surface area contributed by atoms with Crippen molar-refractivity contribution in [1.29, 1.82) is 0 Å². The molecule has 0 aromatic carbocycles. The van der Waals surface area contributed by atoms with E-state index in [-0.39, 0.29) is 11.9 Å². The second-order valence-electron chi connectivity index (χ2n) is 5.36. The summed E-state index contributed by atoms with van der Waals surface area (Å²) in [6.07, 6.45) is 4.63. The number of hydrogen-bond acceptors (Lipinski definition) is 3. The molecule has 0 radical (unpaired) electrons. The molecule has 0 spiro atoms. The maximum absolute atomic E-state index is 12.2. The van der Waals surface area contributed by atoms with Gasteiger partial charge in [-0.15, -0.1) is 0 Å². The van der Waals surface area contributed by atoms with Crippen LogP contribution in [0.5, 0.6) is 0 Å². The van der Waals surface area contributed by atoms with Crippen LogP contribution in [-0.2, 0) is 4.79 Å². The monoisotopic (exact) mass is 340 g/mol. The van der Waals surface area contributed by atoms with E-state index in [1.807, 2.05) is 0 Å². The minimum absolute atomic E-state index is 0.298. The van der Waals surface area contributed by atoms with E-state index < -0.39 is 11.4 Å². The minimum Gasteiger partial charge on any atom is -0.481 e. The molecule has 2 unspecified atom stereocenters. The molecule has 1 aliphatic carbocycles. The predicted octanol–water partition coefficient (Wildman–Crippen LogP) is 2.61. The van der Waals surface area contributed by atoms with Crippen molar-refractivity contribution in [2.24, 2.45) is 5.41 Å². The minimum atomic E-state index is -0.900. The van der Waals surface area contributed by atoms with Gasteiger partial charge in [0.1, 0.15) is 5.69 Å². The second kappa shape index (κ2) is 5.91. The first-order chi connectivity index (χ1) is 9.43. The number of halogens is 1. The molecule has 5 nitrogen and oxygen atoms in total. The predicted molar refractivity (Wildman–Crippen MR) is 77.4 cm³/mol. The maximum atomic E-state index is 12.2. The molecule has 0 saturated heterocycles. The van der Waals surface area contributed by atoms with Crippen LogP contribution >= 0.6 is 15.9 Å². The standard InChI is InChI=1S/C14H17BrN2O3/c1-14(13(19)20)7-3-2-4-11(14)17-12(18)10-6-5-9(15)8-16-10/h5-6,8,11H,2-4,7H2,1H3,(H,17,18)(H,19,20). The lowest BCUT2D eigenvalue weighted by atomic mass is 9.71. The molecule has 1 fully saturated rings. The van der Waals surface area contributed by atoms with E-state index in [9.17, 15) is 14.7 Å². The Morgan fingerprint density at radius 1 is 1.45 bits per heavy atom. The smallest absolute Gasteiger partial charge is 0.311 e. The maximum Gasteiger partial charge on any atom is 0.311 e. The first-order valence-electron chi connectivity index (χ1n) is 6.59. The lowest BCUT2D eigenvalue weighted by Gasteiger charge is -2.38. The molecule has 2 rings (SSSR count). The van der Waals surface area contributed by atoms with Crippen LogP contribution in [0.2, 0.25) is 0 Å². The van der Waals surface area contributed by atoms with Crippen LogP contribution in [0.4, 0.5) is 0 Å². The summed E-state index contributed by atoms with van der Waals surface area (Å²) in [5.41, 5.74) is -0.602. The van der Waals surface area contributed by atoms with E-state index in [1.54, 1.807) is 25.3 Å². The highest BCUT2D eigenvalue weighted by molar-refractivity contribution is 9.10. The van der Waals surface area contributed by atoms with Crippen molar-refractivity contribution in [3.8, 4) is 0 Å². The number of carbonyl (C=O) groups excluding carboxylic acids is 1. The van der Waals surface area contributed by atoms with Crippen LogP contribution in [0.3, 0.4) is 0 Å². The van der Waals surface area contributed by atoms with Crippen molar-refractivity contribution in [3.05, 3.63) is 28.5 Å². The summed E-state index contributed by atoms with van der Waals surface area (Å²) in [6.45, 7) is 1.70. The summed E-state index contributed by atoms with van der Waals surface area (Å²) in [4.78, 5) is 27.7. The molecule has 1 heterocycles. The van der Waals surface area contributed by atoms with Crippen LogP contribution in [0, 0.1) is 5.41 Å². The Morgan fingerprint density at radius 2 is 2.20 bits per heavy atom. The molecule has 2 atom stereocenters. The zero-order chi connectivity index (χ0) is 14.8. The number of rotatable bonds is 3. The number of hydrogen-bond donors (Lipinski definition) is 2. The van der Waals surface area contributed by atoms with Crippen molar-refractivity contribution in [1.82, 2.24) is 10.3 Å². The van der Waals surface area contributed by atoms with E-state index in [2.05, 4.69) is 26.2 Å². The molecular formula is C14H17BrN2O3. The van der Waals surface area contributed by atoms with Gasteiger partial charge in [-0.25, -0.2) is 4.98 Å². The number of amides is 1. The SMILES string of the molecule is CC1(C(=O)O)CCCCC1NC(=O)c1ccc(Br)cn1. The van der Waals surface area contributed by atoms with Crippen LogP contribution < -0.4 is 5.32 Å². The normalized spacial score (nSPS) is 26.0. The second-order valence-corrected chi connectivity index (χ2v) is 6.27. The summed E-state index contributed by atoms with van der Waals surface area (Å²) in [5.74, 6) is -1.18. The van der Waals surface area contributed by atoms with Gasteiger partial charge in [0.25, 0.3) is 5.91 Å². The van der Waals surface area contributed by atoms with Gasteiger partial charge in [0.2, 0.25) is 0 Å². The average Bonchev–Trinajstić information content (AvgIpc) is 2.42. The number of aliphatic carboxylic acids is 1. The number of carbonyl (C=O) groups is 2. The van der Waals surface area contributed by atoms with Crippen molar-refractivity contribution in [2.45, 2.75) is 38.6 Å². The van der Waals surface area contributed by atoms with E-state index in [4.69, 9.17) is 0 Å². The Labute approximate surface area is 125 Å². The van der Waals surface area contributed by atoms with Crippen molar-refractivity contribution >= 4 is 27.8 Å². The molecular weight excluding hydrogens is 324 g/mol. The largest absolute Gasteiger partial charge is 0.481 e. The highest BCUT2D eigenvalue weighted by Crippen LogP contribution is 2.36. The van der Waals surface area contributed by atoms with E-state index in [0.29, 0.717) is 18.5 Å². The van der Waals surface area contributed by atoms with Crippen LogP contribution in [0.1, 0.15) is 43.1 Å². The first-order valence-corrected chi connectivity index (χ1v) is 7.38. The average molecular weight is 341 g/mol. The Balaban J connectivity index is 2.13. The summed E-state index contributed by atoms with van der Waals surface area (Å²) < 4.78 is 0.794. The molecule has 1 saturated carbocycles. The molecule has 1 aromatic rings. The molecule has 0 aliphatic heterocycles. The van der Waals surface area contributed by atoms with Gasteiger partial charge in [-0.05, 0) is 47.8 Å². The number of carboxylic acids is 1. The third-order valence-electron chi connectivity index (χ3n) is 3.96. The number of aromatic nitrogens is 1. The zero-order valence-electron chi connectivity index (χ0n) is 11.2. The van der Waals surface area contributed by atoms with Gasteiger partial charge in [-0.2, -0.15) is 0 Å². The molecule has 1 amide bonds. The number of nitrogens with zero attached hydrogens (tertiary/aromatic N) is 1. The Morgan fingerprint density at radius 3 is 2.80 bits per heavy atom. The zero-order valence-corrected chi connectivity index (χ0v) is 12.8. The Hall–Kier alpha value is -1.43. The highest BCUT2D eigenvalue weighted by Gasteiger charge is 2.43. The quantitative estimate of drug-likeness (QED) is 0.886. The molecule has 20 heavy (non-hydrogen) atoms. The summed E-state index contributed by atoms with van der Waals surface area (Å²) in [6, 6.07) is 2.99. The molecule has 0 bridgehead atoms. The molecule has 2 N–H and O–H groups in total. The van der Waals surface area contributed by atoms with Gasteiger partial charge in [0.05, 0.1) is 5.41 Å². The fourth-order valence-corrected chi connectivity index (χ4v) is 2.80. The third-order valence-corrected chi connectivity index (χ3v) is 4.43. The summed E-state index contributed by atoms with van der Waals surface area (Å²) in [7, 11) is 0. The highest BCUT2D eigenvalue weighted by atomic mass is 79.9. The van der Waals surface area contributed by atoms with Gasteiger partial charge in [-0.3, -0.25) is 9.59 Å². The van der Waals surface area contributed by atoms with Crippen LogP contribution in [0.25, 0.3) is 0 Å².